The van der Waals surface area contributed by atoms with Crippen LogP contribution in [-0.2, 0) is 4.79 Å². The smallest absolute Gasteiger partial charge is 0.277 e. The molecule has 2 aromatic rings. The number of carbonyl (C=O) groups excluding carboxylic acids is 1. The molecule has 0 saturated carbocycles. The lowest BCUT2D eigenvalue weighted by atomic mass is 9.90. The third kappa shape index (κ3) is 5.14. The second-order valence-corrected chi connectivity index (χ2v) is 7.21. The van der Waals surface area contributed by atoms with Gasteiger partial charge in [-0.25, -0.2) is 0 Å². The lowest BCUT2D eigenvalue weighted by molar-refractivity contribution is -0.120. The lowest BCUT2D eigenvalue weighted by Gasteiger charge is -2.27. The second-order valence-electron chi connectivity index (χ2n) is 6.28. The van der Waals surface area contributed by atoms with Crippen molar-refractivity contribution in [1.29, 1.82) is 5.26 Å². The summed E-state index contributed by atoms with van der Waals surface area (Å²) < 4.78 is 16.1. The van der Waals surface area contributed by atoms with Crippen LogP contribution in [0.15, 0.2) is 27.8 Å². The van der Waals surface area contributed by atoms with Crippen LogP contribution < -0.4 is 14.8 Å². The predicted octanol–water partition coefficient (Wildman–Crippen LogP) is 2.90. The van der Waals surface area contributed by atoms with E-state index in [2.05, 4.69) is 21.6 Å². The molecule has 1 atom stereocenters. The fraction of sp³-hybridized carbons (Fsp3) is 0.444. The molecule has 9 heteroatoms. The summed E-state index contributed by atoms with van der Waals surface area (Å²) in [6.07, 6.45) is 0. The van der Waals surface area contributed by atoms with Crippen LogP contribution in [0, 0.1) is 17.2 Å². The fourth-order valence-corrected chi connectivity index (χ4v) is 2.63. The van der Waals surface area contributed by atoms with Crippen molar-refractivity contribution in [2.75, 3.05) is 20.0 Å². The molecule has 0 unspecified atom stereocenters. The first-order chi connectivity index (χ1) is 12.8. The number of nitrogens with one attached hydrogen (secondary N) is 1. The molecule has 1 amide bonds. The van der Waals surface area contributed by atoms with Crippen LogP contribution in [0.1, 0.15) is 20.8 Å². The molecule has 0 bridgehead atoms. The Morgan fingerprint density at radius 3 is 2.44 bits per heavy atom. The van der Waals surface area contributed by atoms with Gasteiger partial charge in [-0.2, -0.15) is 5.26 Å². The van der Waals surface area contributed by atoms with Crippen molar-refractivity contribution in [2.24, 2.45) is 5.92 Å². The summed E-state index contributed by atoms with van der Waals surface area (Å²) in [4.78, 5) is 12.1. The SMILES string of the molecule is COc1cc(OC)cc(-c2nnc(SCC(=O)N[C@](C)(C#N)C(C)C)o2)c1. The highest BCUT2D eigenvalue weighted by molar-refractivity contribution is 7.99. The van der Waals surface area contributed by atoms with Crippen LogP contribution in [0.5, 0.6) is 11.5 Å². The molecule has 0 aliphatic rings. The summed E-state index contributed by atoms with van der Waals surface area (Å²) in [5.74, 6) is 1.25. The zero-order valence-corrected chi connectivity index (χ0v) is 16.7. The molecule has 8 nitrogen and oxygen atoms in total. The maximum atomic E-state index is 12.1. The minimum Gasteiger partial charge on any atom is -0.497 e. The maximum Gasteiger partial charge on any atom is 0.277 e. The minimum absolute atomic E-state index is 0.0190. The Kier molecular flexibility index (Phi) is 6.69. The highest BCUT2D eigenvalue weighted by Crippen LogP contribution is 2.30. The summed E-state index contributed by atoms with van der Waals surface area (Å²) in [5, 5.41) is 20.2. The van der Waals surface area contributed by atoms with Crippen LogP contribution in [-0.4, -0.2) is 41.6 Å². The van der Waals surface area contributed by atoms with Crippen molar-refractivity contribution in [3.05, 3.63) is 18.2 Å². The number of methoxy groups -OCH3 is 2. The van der Waals surface area contributed by atoms with E-state index in [0.29, 0.717) is 23.0 Å². The molecule has 1 aromatic carbocycles. The van der Waals surface area contributed by atoms with E-state index in [0.717, 1.165) is 11.8 Å². The van der Waals surface area contributed by atoms with Gasteiger partial charge in [-0.15, -0.1) is 10.2 Å². The van der Waals surface area contributed by atoms with Gasteiger partial charge in [0.05, 0.1) is 26.0 Å². The lowest BCUT2D eigenvalue weighted by Crippen LogP contribution is -2.49. The van der Waals surface area contributed by atoms with Gasteiger partial charge in [-0.3, -0.25) is 4.79 Å². The molecule has 1 heterocycles. The van der Waals surface area contributed by atoms with E-state index in [1.165, 1.54) is 0 Å². The third-order valence-electron chi connectivity index (χ3n) is 4.12. The molecule has 0 saturated heterocycles. The Hall–Kier alpha value is -2.73. The summed E-state index contributed by atoms with van der Waals surface area (Å²) in [6.45, 7) is 5.45. The van der Waals surface area contributed by atoms with E-state index in [-0.39, 0.29) is 22.8 Å². The zero-order chi connectivity index (χ0) is 20.0. The van der Waals surface area contributed by atoms with E-state index < -0.39 is 5.54 Å². The highest BCUT2D eigenvalue weighted by atomic mass is 32.2. The Labute approximate surface area is 162 Å². The van der Waals surface area contributed by atoms with Crippen molar-refractivity contribution in [3.8, 4) is 29.0 Å². The number of rotatable bonds is 8. The van der Waals surface area contributed by atoms with Crippen molar-refractivity contribution in [3.63, 3.8) is 0 Å². The van der Waals surface area contributed by atoms with Gasteiger partial charge < -0.3 is 19.2 Å². The van der Waals surface area contributed by atoms with E-state index in [4.69, 9.17) is 13.9 Å². The predicted molar refractivity (Wildman–Crippen MR) is 101 cm³/mol. The first-order valence-electron chi connectivity index (χ1n) is 8.23. The molecule has 0 fully saturated rings. The molecule has 0 radical (unpaired) electrons. The van der Waals surface area contributed by atoms with Gasteiger partial charge in [0.25, 0.3) is 5.22 Å². The number of ether oxygens (including phenoxy) is 2. The van der Waals surface area contributed by atoms with Crippen molar-refractivity contribution in [1.82, 2.24) is 15.5 Å². The van der Waals surface area contributed by atoms with E-state index in [1.807, 2.05) is 13.8 Å². The minimum atomic E-state index is -0.922. The molecule has 1 aromatic heterocycles. The Morgan fingerprint density at radius 1 is 1.30 bits per heavy atom. The highest BCUT2D eigenvalue weighted by Gasteiger charge is 2.30. The quantitative estimate of drug-likeness (QED) is 0.685. The molecule has 0 aliphatic carbocycles. The van der Waals surface area contributed by atoms with Gasteiger partial charge in [-0.1, -0.05) is 25.6 Å². The van der Waals surface area contributed by atoms with Crippen LogP contribution in [0.25, 0.3) is 11.5 Å². The summed E-state index contributed by atoms with van der Waals surface area (Å²) >= 11 is 1.10. The van der Waals surface area contributed by atoms with Crippen molar-refractivity contribution in [2.45, 2.75) is 31.5 Å². The Bertz CT molecular complexity index is 824. The number of carbonyl (C=O) groups is 1. The first-order valence-corrected chi connectivity index (χ1v) is 9.22. The van der Waals surface area contributed by atoms with E-state index in [1.54, 1.807) is 39.3 Å². The molecular formula is C18H22N4O4S. The third-order valence-corrected chi connectivity index (χ3v) is 4.94. The van der Waals surface area contributed by atoms with Gasteiger partial charge in [0.15, 0.2) is 0 Å². The molecular weight excluding hydrogens is 368 g/mol. The number of amides is 1. The van der Waals surface area contributed by atoms with Crippen molar-refractivity contribution >= 4 is 17.7 Å². The average Bonchev–Trinajstić information content (AvgIpc) is 3.14. The Morgan fingerprint density at radius 2 is 1.93 bits per heavy atom. The van der Waals surface area contributed by atoms with E-state index >= 15 is 0 Å². The first kappa shape index (κ1) is 20.6. The second kappa shape index (κ2) is 8.77. The number of hydrogen-bond acceptors (Lipinski definition) is 8. The van der Waals surface area contributed by atoms with Gasteiger partial charge >= 0.3 is 0 Å². The topological polar surface area (TPSA) is 110 Å². The van der Waals surface area contributed by atoms with Crippen LogP contribution >= 0.6 is 11.8 Å². The molecule has 1 N–H and O–H groups in total. The average molecular weight is 390 g/mol. The largest absolute Gasteiger partial charge is 0.497 e. The summed E-state index contributed by atoms with van der Waals surface area (Å²) in [7, 11) is 3.11. The van der Waals surface area contributed by atoms with E-state index in [9.17, 15) is 10.1 Å². The Balaban J connectivity index is 2.05. The van der Waals surface area contributed by atoms with Gasteiger partial charge in [0, 0.05) is 11.6 Å². The van der Waals surface area contributed by atoms with Gasteiger partial charge in [0.1, 0.15) is 17.0 Å². The molecule has 0 spiro atoms. The molecule has 144 valence electrons. The van der Waals surface area contributed by atoms with Gasteiger partial charge in [0.2, 0.25) is 11.8 Å². The number of aromatic nitrogens is 2. The summed E-state index contributed by atoms with van der Waals surface area (Å²) in [5.41, 5.74) is -0.277. The normalized spacial score (nSPS) is 12.9. The van der Waals surface area contributed by atoms with Crippen LogP contribution in [0.4, 0.5) is 0 Å². The number of hydrogen-bond donors (Lipinski definition) is 1. The van der Waals surface area contributed by atoms with Gasteiger partial charge in [-0.05, 0) is 25.0 Å². The zero-order valence-electron chi connectivity index (χ0n) is 15.9. The fourth-order valence-electron chi connectivity index (χ4n) is 2.07. The number of nitriles is 1. The molecule has 27 heavy (non-hydrogen) atoms. The monoisotopic (exact) mass is 390 g/mol. The number of thioether (sulfide) groups is 1. The number of nitrogens with zero attached hydrogens (tertiary/aromatic N) is 3. The maximum absolute atomic E-state index is 12.1. The standard InChI is InChI=1S/C18H22N4O4S/c1-11(2)18(3,10-19)20-15(23)9-27-17-22-21-16(26-17)12-6-13(24-4)8-14(7-12)25-5/h6-8,11H,9H2,1-5H3,(H,20,23)/t18-/m1/s1. The molecule has 2 rings (SSSR count). The van der Waals surface area contributed by atoms with Crippen molar-refractivity contribution < 1.29 is 18.7 Å². The molecule has 0 aliphatic heterocycles. The van der Waals surface area contributed by atoms with Crippen LogP contribution in [0.3, 0.4) is 0 Å². The number of benzene rings is 1. The van der Waals surface area contributed by atoms with Crippen LogP contribution in [0.2, 0.25) is 0 Å². The summed E-state index contributed by atoms with van der Waals surface area (Å²) in [6, 6.07) is 7.37.